The van der Waals surface area contributed by atoms with E-state index in [4.69, 9.17) is 9.72 Å². The second-order valence-electron chi connectivity index (χ2n) is 9.26. The van der Waals surface area contributed by atoms with Gasteiger partial charge in [0, 0.05) is 38.6 Å². The predicted octanol–water partition coefficient (Wildman–Crippen LogP) is 6.15. The fraction of sp³-hybridized carbons (Fsp3) is 0.538. The molecule has 33 heavy (non-hydrogen) atoms. The molecule has 1 atom stereocenters. The largest absolute Gasteiger partial charge is 0.377 e. The highest BCUT2D eigenvalue weighted by molar-refractivity contribution is 5.84. The van der Waals surface area contributed by atoms with E-state index in [0.29, 0.717) is 26.0 Å². The lowest BCUT2D eigenvalue weighted by Crippen LogP contribution is -2.26. The van der Waals surface area contributed by atoms with Gasteiger partial charge in [-0.15, -0.1) is 0 Å². The summed E-state index contributed by atoms with van der Waals surface area (Å²) in [6, 6.07) is 6.04. The van der Waals surface area contributed by atoms with Crippen molar-refractivity contribution < 1.29 is 18.3 Å². The summed E-state index contributed by atoms with van der Waals surface area (Å²) in [6.07, 6.45) is 5.23. The van der Waals surface area contributed by atoms with Gasteiger partial charge in [0.25, 0.3) is 0 Å². The van der Waals surface area contributed by atoms with Gasteiger partial charge in [-0.2, -0.15) is 0 Å². The summed E-state index contributed by atoms with van der Waals surface area (Å²) in [4.78, 5) is 17.6. The molecule has 1 aliphatic carbocycles. The Hall–Kier alpha value is -2.54. The minimum atomic E-state index is -2.58. The first-order valence-corrected chi connectivity index (χ1v) is 11.7. The summed E-state index contributed by atoms with van der Waals surface area (Å²) in [6.45, 7) is 9.22. The van der Waals surface area contributed by atoms with Gasteiger partial charge in [0.15, 0.2) is 0 Å². The van der Waals surface area contributed by atoms with Gasteiger partial charge in [-0.1, -0.05) is 17.7 Å². The fourth-order valence-electron chi connectivity index (χ4n) is 4.47. The summed E-state index contributed by atoms with van der Waals surface area (Å²) < 4.78 is 35.6. The molecule has 5 nitrogen and oxygen atoms in total. The summed E-state index contributed by atoms with van der Waals surface area (Å²) in [7, 11) is 1.70. The summed E-state index contributed by atoms with van der Waals surface area (Å²) in [5, 5.41) is 0. The van der Waals surface area contributed by atoms with Crippen molar-refractivity contribution in [2.75, 3.05) is 13.7 Å². The van der Waals surface area contributed by atoms with Gasteiger partial charge >= 0.3 is 0 Å². The van der Waals surface area contributed by atoms with Crippen LogP contribution < -0.4 is 0 Å². The molecule has 2 aromatic rings. The van der Waals surface area contributed by atoms with Crippen molar-refractivity contribution in [2.45, 2.75) is 77.9 Å². The first-order chi connectivity index (χ1) is 15.6. The molecule has 1 amide bonds. The van der Waals surface area contributed by atoms with Crippen molar-refractivity contribution in [1.29, 1.82) is 0 Å². The SMILES string of the molecule is CCO[C@@H](C)Cn1c(C2CCC(F)(F)CC2)nc2ccc(/C(C=C(C)C)=C/N(C)C=O)cc21. The molecule has 0 saturated heterocycles. The highest BCUT2D eigenvalue weighted by Crippen LogP contribution is 2.41. The molecule has 0 aliphatic heterocycles. The molecular formula is C26H35F2N3O2. The highest BCUT2D eigenvalue weighted by Gasteiger charge is 2.37. The molecule has 1 heterocycles. The van der Waals surface area contributed by atoms with Gasteiger partial charge in [0.2, 0.25) is 12.3 Å². The third kappa shape index (κ3) is 6.28. The first-order valence-electron chi connectivity index (χ1n) is 11.7. The van der Waals surface area contributed by atoms with Crippen molar-refractivity contribution in [1.82, 2.24) is 14.5 Å². The number of alkyl halides is 2. The van der Waals surface area contributed by atoms with E-state index in [-0.39, 0.29) is 24.9 Å². The summed E-state index contributed by atoms with van der Waals surface area (Å²) in [5.41, 5.74) is 4.78. The monoisotopic (exact) mass is 459 g/mol. The van der Waals surface area contributed by atoms with Gasteiger partial charge < -0.3 is 14.2 Å². The van der Waals surface area contributed by atoms with Crippen LogP contribution in [0.1, 0.15) is 70.7 Å². The van der Waals surface area contributed by atoms with E-state index in [1.807, 2.05) is 45.9 Å². The Bertz CT molecular complexity index is 1030. The number of halogens is 2. The van der Waals surface area contributed by atoms with Crippen LogP contribution in [0, 0.1) is 0 Å². The number of carbonyl (C=O) groups is 1. The van der Waals surface area contributed by atoms with Crippen molar-refractivity contribution >= 4 is 23.0 Å². The minimum Gasteiger partial charge on any atom is -0.377 e. The number of rotatable bonds is 9. The Balaban J connectivity index is 2.10. The number of fused-ring (bicyclic) bond motifs is 1. The Morgan fingerprint density at radius 2 is 2.03 bits per heavy atom. The van der Waals surface area contributed by atoms with Gasteiger partial charge in [0.05, 0.1) is 23.7 Å². The van der Waals surface area contributed by atoms with Gasteiger partial charge in [-0.25, -0.2) is 13.8 Å². The number of carbonyl (C=O) groups excluding carboxylic acids is 1. The third-order valence-electron chi connectivity index (χ3n) is 6.04. The van der Waals surface area contributed by atoms with Crippen LogP contribution in [-0.2, 0) is 16.1 Å². The zero-order chi connectivity index (χ0) is 24.2. The lowest BCUT2D eigenvalue weighted by atomic mass is 9.86. The van der Waals surface area contributed by atoms with Crippen LogP contribution in [0.25, 0.3) is 16.6 Å². The van der Waals surface area contributed by atoms with Crippen LogP contribution >= 0.6 is 0 Å². The summed E-state index contributed by atoms with van der Waals surface area (Å²) in [5.74, 6) is -1.71. The minimum absolute atomic E-state index is 0.00305. The molecule has 3 rings (SSSR count). The fourth-order valence-corrected chi connectivity index (χ4v) is 4.47. The van der Waals surface area contributed by atoms with Crippen LogP contribution in [0.2, 0.25) is 0 Å². The average Bonchev–Trinajstić information content (AvgIpc) is 3.10. The maximum absolute atomic E-state index is 13.8. The zero-order valence-electron chi connectivity index (χ0n) is 20.3. The van der Waals surface area contributed by atoms with Crippen LogP contribution in [0.5, 0.6) is 0 Å². The molecule has 1 aliphatic rings. The Labute approximate surface area is 195 Å². The number of ether oxygens (including phenoxy) is 1. The average molecular weight is 460 g/mol. The highest BCUT2D eigenvalue weighted by atomic mass is 19.3. The zero-order valence-corrected chi connectivity index (χ0v) is 20.3. The van der Waals surface area contributed by atoms with E-state index in [1.54, 1.807) is 13.2 Å². The summed E-state index contributed by atoms with van der Waals surface area (Å²) >= 11 is 0. The Kier molecular flexibility index (Phi) is 8.05. The number of hydrogen-bond donors (Lipinski definition) is 0. The van der Waals surface area contributed by atoms with E-state index >= 15 is 0 Å². The lowest BCUT2D eigenvalue weighted by Gasteiger charge is -2.28. The first kappa shape index (κ1) is 25.1. The maximum atomic E-state index is 13.8. The molecule has 0 unspecified atom stereocenters. The van der Waals surface area contributed by atoms with E-state index in [9.17, 15) is 13.6 Å². The molecule has 1 fully saturated rings. The smallest absolute Gasteiger partial charge is 0.248 e. The molecule has 0 N–H and O–H groups in total. The van der Waals surface area contributed by atoms with Crippen molar-refractivity contribution in [3.8, 4) is 0 Å². The second kappa shape index (κ2) is 10.6. The number of allylic oxidation sites excluding steroid dienone is 3. The van der Waals surface area contributed by atoms with E-state index < -0.39 is 5.92 Å². The maximum Gasteiger partial charge on any atom is 0.248 e. The Morgan fingerprint density at radius 1 is 1.33 bits per heavy atom. The molecule has 0 spiro atoms. The number of aromatic nitrogens is 2. The van der Waals surface area contributed by atoms with E-state index in [2.05, 4.69) is 10.6 Å². The van der Waals surface area contributed by atoms with Gasteiger partial charge in [0.1, 0.15) is 5.82 Å². The van der Waals surface area contributed by atoms with Gasteiger partial charge in [-0.05, 0) is 63.8 Å². The molecular weight excluding hydrogens is 424 g/mol. The Morgan fingerprint density at radius 3 is 2.64 bits per heavy atom. The van der Waals surface area contributed by atoms with Crippen molar-refractivity contribution in [2.24, 2.45) is 0 Å². The molecule has 0 radical (unpaired) electrons. The second-order valence-corrected chi connectivity index (χ2v) is 9.26. The number of amides is 1. The standard InChI is InChI=1S/C26H35F2N3O2/c1-6-33-19(4)15-31-24-14-21(22(13-18(2)3)16-30(5)17-32)7-8-23(24)29-25(31)20-9-11-26(27,28)12-10-20/h7-8,13-14,16-17,19-20H,6,9-12,15H2,1-5H3/b22-16+/t19-/m0/s1. The molecule has 1 aromatic carbocycles. The van der Waals surface area contributed by atoms with Crippen LogP contribution in [0.4, 0.5) is 8.78 Å². The molecule has 1 aromatic heterocycles. The van der Waals surface area contributed by atoms with Crippen LogP contribution in [0.3, 0.4) is 0 Å². The molecule has 180 valence electrons. The predicted molar refractivity (Wildman–Crippen MR) is 128 cm³/mol. The number of benzene rings is 1. The third-order valence-corrected chi connectivity index (χ3v) is 6.04. The number of imidazole rings is 1. The van der Waals surface area contributed by atoms with Crippen molar-refractivity contribution in [3.63, 3.8) is 0 Å². The van der Waals surface area contributed by atoms with Gasteiger partial charge in [-0.3, -0.25) is 4.79 Å². The van der Waals surface area contributed by atoms with E-state index in [1.165, 1.54) is 4.90 Å². The van der Waals surface area contributed by atoms with Crippen LogP contribution in [0.15, 0.2) is 36.0 Å². The lowest BCUT2D eigenvalue weighted by molar-refractivity contribution is -0.114. The quantitative estimate of drug-likeness (QED) is 0.334. The van der Waals surface area contributed by atoms with Crippen molar-refractivity contribution in [3.05, 3.63) is 47.4 Å². The molecule has 0 bridgehead atoms. The van der Waals surface area contributed by atoms with E-state index in [0.717, 1.165) is 40.0 Å². The number of nitrogens with zero attached hydrogens (tertiary/aromatic N) is 3. The normalized spacial score (nSPS) is 17.7. The van der Waals surface area contributed by atoms with Crippen LogP contribution in [-0.4, -0.2) is 46.5 Å². The molecule has 1 saturated carbocycles. The topological polar surface area (TPSA) is 47.4 Å². The molecule has 7 heteroatoms. The number of hydrogen-bond acceptors (Lipinski definition) is 3.